The number of fused-ring (bicyclic) bond motifs is 18. The summed E-state index contributed by atoms with van der Waals surface area (Å²) in [6, 6.07) is 4.12. The molecule has 0 fully saturated rings. The van der Waals surface area contributed by atoms with Crippen LogP contribution < -0.4 is 20.1 Å². The van der Waals surface area contributed by atoms with Gasteiger partial charge in [0.05, 0.1) is 13.7 Å². The highest BCUT2D eigenvalue weighted by Gasteiger charge is 2.20. The van der Waals surface area contributed by atoms with Crippen LogP contribution in [0.15, 0.2) is 30.6 Å². The van der Waals surface area contributed by atoms with E-state index in [2.05, 4.69) is 25.5 Å². The van der Waals surface area contributed by atoms with Crippen molar-refractivity contribution in [1.82, 2.24) is 30.4 Å². The van der Waals surface area contributed by atoms with Crippen molar-refractivity contribution in [1.29, 1.82) is 0 Å². The van der Waals surface area contributed by atoms with Gasteiger partial charge < -0.3 is 30.0 Å². The van der Waals surface area contributed by atoms with Crippen molar-refractivity contribution in [3.05, 3.63) is 42.0 Å². The number of ether oxygens (including phenoxy) is 2. The number of aromatic nitrogens is 2. The Kier molecular flexibility index (Phi) is 10.1. The minimum atomic E-state index is -0.677. The zero-order valence-electron chi connectivity index (χ0n) is 21.2. The Balaban J connectivity index is 1.71. The third kappa shape index (κ3) is 7.98. The number of carbonyl (C=O) groups excluding carboxylic acids is 3. The van der Waals surface area contributed by atoms with Gasteiger partial charge in [0, 0.05) is 44.6 Å². The molecule has 1 aromatic heterocycles. The fourth-order valence-corrected chi connectivity index (χ4v) is 4.01. The third-order valence-corrected chi connectivity index (χ3v) is 5.99. The van der Waals surface area contributed by atoms with Gasteiger partial charge in [-0.3, -0.25) is 19.3 Å². The highest BCUT2D eigenvalue weighted by molar-refractivity contribution is 5.95. The number of nitrogens with zero attached hydrogens (tertiary/aromatic N) is 3. The van der Waals surface area contributed by atoms with Gasteiger partial charge in [-0.15, -0.1) is 0 Å². The van der Waals surface area contributed by atoms with E-state index in [-0.39, 0.29) is 18.4 Å². The van der Waals surface area contributed by atoms with Gasteiger partial charge in [-0.25, -0.2) is 4.98 Å². The fourth-order valence-electron chi connectivity index (χ4n) is 4.01. The molecule has 3 amide bonds. The summed E-state index contributed by atoms with van der Waals surface area (Å²) in [5, 5.41) is 5.63. The van der Waals surface area contributed by atoms with Crippen LogP contribution in [0.1, 0.15) is 42.4 Å². The second-order valence-corrected chi connectivity index (χ2v) is 8.83. The van der Waals surface area contributed by atoms with Crippen LogP contribution >= 0.6 is 0 Å². The number of hydrogen-bond donors (Lipinski definition) is 3. The monoisotopic (exact) mass is 500 g/mol. The zero-order chi connectivity index (χ0) is 25.9. The predicted octanol–water partition coefficient (Wildman–Crippen LogP) is 1.18. The van der Waals surface area contributed by atoms with Gasteiger partial charge >= 0.3 is 0 Å². The Hall–Kier alpha value is -3.60. The Labute approximate surface area is 211 Å². The first-order valence-corrected chi connectivity index (χ1v) is 12.2. The lowest BCUT2D eigenvalue weighted by molar-refractivity contribution is -0.135. The molecule has 0 radical (unpaired) electrons. The maximum absolute atomic E-state index is 12.7. The van der Waals surface area contributed by atoms with Crippen molar-refractivity contribution in [3.8, 4) is 11.5 Å². The summed E-state index contributed by atoms with van der Waals surface area (Å²) >= 11 is 0. The van der Waals surface area contributed by atoms with Crippen molar-refractivity contribution in [2.75, 3.05) is 46.9 Å². The third-order valence-electron chi connectivity index (χ3n) is 5.99. The zero-order valence-corrected chi connectivity index (χ0v) is 21.2. The van der Waals surface area contributed by atoms with E-state index >= 15 is 0 Å². The van der Waals surface area contributed by atoms with Crippen LogP contribution in [0.4, 0.5) is 0 Å². The first-order valence-electron chi connectivity index (χ1n) is 12.2. The standard InChI is InChI=1S/C25H36N6O5/c1-18-25(34)30(2)12-4-5-13-31(16-22-26-10-11-27-22)14-6-9-28-24(33)19-7-8-20(21(15-19)35-3)36-17-23(32)29-18/h7-8,10-11,15,18H,4-6,9,12-14,16-17H2,1-3H3,(H,26,27)(H,28,33)(H,29,32)/t18-/m0/s1. The molecule has 0 aliphatic carbocycles. The van der Waals surface area contributed by atoms with Gasteiger partial charge in [-0.1, -0.05) is 0 Å². The second-order valence-electron chi connectivity index (χ2n) is 8.83. The molecule has 0 saturated carbocycles. The van der Waals surface area contributed by atoms with Crippen LogP contribution in [0.3, 0.4) is 0 Å². The Morgan fingerprint density at radius 2 is 1.92 bits per heavy atom. The summed E-state index contributed by atoms with van der Waals surface area (Å²) in [7, 11) is 3.21. The molecule has 3 heterocycles. The maximum Gasteiger partial charge on any atom is 0.258 e. The molecule has 1 aromatic carbocycles. The Bertz CT molecular complexity index is 1010. The van der Waals surface area contributed by atoms with E-state index < -0.39 is 11.9 Å². The van der Waals surface area contributed by atoms with Crippen LogP contribution in [-0.4, -0.2) is 90.5 Å². The number of likely N-dealkylation sites (N-methyl/N-ethyl adjacent to an activating group) is 1. The molecule has 11 nitrogen and oxygen atoms in total. The molecule has 4 rings (SSSR count). The summed E-state index contributed by atoms with van der Waals surface area (Å²) in [6.07, 6.45) is 6.02. The van der Waals surface area contributed by atoms with E-state index in [1.54, 1.807) is 49.5 Å². The molecule has 0 saturated heterocycles. The Morgan fingerprint density at radius 1 is 1.14 bits per heavy atom. The molecule has 2 aliphatic heterocycles. The van der Waals surface area contributed by atoms with Gasteiger partial charge in [-0.05, 0) is 50.9 Å². The molecule has 11 heteroatoms. The van der Waals surface area contributed by atoms with Crippen LogP contribution in [-0.2, 0) is 16.1 Å². The van der Waals surface area contributed by atoms with Gasteiger partial charge in [0.2, 0.25) is 5.91 Å². The lowest BCUT2D eigenvalue weighted by atomic mass is 10.2. The van der Waals surface area contributed by atoms with Crippen molar-refractivity contribution >= 4 is 17.7 Å². The molecule has 3 N–H and O–H groups in total. The SMILES string of the molecule is COc1cc2ccc1OCC(=O)N[C@@H](C)C(=O)N(C)CCCCN(Cc1ncc[nH]1)CCCNC2=O. The van der Waals surface area contributed by atoms with E-state index in [0.29, 0.717) is 36.7 Å². The number of methoxy groups -OCH3 is 1. The number of carbonyl (C=O) groups is 3. The molecule has 36 heavy (non-hydrogen) atoms. The van der Waals surface area contributed by atoms with Crippen LogP contribution in [0.2, 0.25) is 0 Å². The van der Waals surface area contributed by atoms with Gasteiger partial charge in [0.15, 0.2) is 18.1 Å². The molecule has 196 valence electrons. The van der Waals surface area contributed by atoms with E-state index in [1.165, 1.54) is 7.11 Å². The first-order chi connectivity index (χ1) is 17.4. The lowest BCUT2D eigenvalue weighted by Gasteiger charge is -2.24. The molecule has 0 unspecified atom stereocenters. The highest BCUT2D eigenvalue weighted by Crippen LogP contribution is 2.28. The smallest absolute Gasteiger partial charge is 0.258 e. The average Bonchev–Trinajstić information content (AvgIpc) is 3.39. The maximum atomic E-state index is 12.7. The molecule has 2 aliphatic rings. The quantitative estimate of drug-likeness (QED) is 0.540. The number of amides is 3. The lowest BCUT2D eigenvalue weighted by Crippen LogP contribution is -2.47. The largest absolute Gasteiger partial charge is 0.493 e. The first kappa shape index (κ1) is 27.0. The van der Waals surface area contributed by atoms with Crippen molar-refractivity contribution in [2.45, 2.75) is 38.8 Å². The average molecular weight is 501 g/mol. The summed E-state index contributed by atoms with van der Waals surface area (Å²) in [6.45, 7) is 4.78. The number of imidazole rings is 1. The predicted molar refractivity (Wildman–Crippen MR) is 134 cm³/mol. The minimum absolute atomic E-state index is 0.159. The highest BCUT2D eigenvalue weighted by atomic mass is 16.5. The summed E-state index contributed by atoms with van der Waals surface area (Å²) in [5.74, 6) is 0.766. The van der Waals surface area contributed by atoms with Gasteiger partial charge in [0.25, 0.3) is 11.8 Å². The van der Waals surface area contributed by atoms with E-state index in [1.807, 2.05) is 0 Å². The Morgan fingerprint density at radius 3 is 2.67 bits per heavy atom. The van der Waals surface area contributed by atoms with Crippen LogP contribution in [0.25, 0.3) is 0 Å². The molecule has 2 aromatic rings. The van der Waals surface area contributed by atoms with Gasteiger partial charge in [-0.2, -0.15) is 0 Å². The minimum Gasteiger partial charge on any atom is -0.493 e. The van der Waals surface area contributed by atoms with Crippen molar-refractivity contribution < 1.29 is 23.9 Å². The molecule has 0 spiro atoms. The number of rotatable bonds is 3. The number of aromatic amines is 1. The van der Waals surface area contributed by atoms with Crippen molar-refractivity contribution in [2.24, 2.45) is 0 Å². The summed E-state index contributed by atoms with van der Waals surface area (Å²) < 4.78 is 10.9. The number of hydrogen-bond acceptors (Lipinski definition) is 7. The normalized spacial score (nSPS) is 19.7. The molecule has 2 bridgehead atoms. The van der Waals surface area contributed by atoms with Crippen LogP contribution in [0.5, 0.6) is 11.5 Å². The topological polar surface area (TPSA) is 129 Å². The molecular formula is C25H36N6O5. The molecule has 1 atom stereocenters. The number of H-pyrrole nitrogens is 1. The van der Waals surface area contributed by atoms with Crippen molar-refractivity contribution in [3.63, 3.8) is 0 Å². The van der Waals surface area contributed by atoms with Crippen LogP contribution in [0, 0.1) is 0 Å². The van der Waals surface area contributed by atoms with E-state index in [4.69, 9.17) is 9.47 Å². The molecular weight excluding hydrogens is 464 g/mol. The van der Waals surface area contributed by atoms with E-state index in [9.17, 15) is 14.4 Å². The van der Waals surface area contributed by atoms with Gasteiger partial charge in [0.1, 0.15) is 11.9 Å². The summed E-state index contributed by atoms with van der Waals surface area (Å²) in [4.78, 5) is 49.1. The summed E-state index contributed by atoms with van der Waals surface area (Å²) in [5.41, 5.74) is 0.434. The number of benzene rings is 1. The number of nitrogens with one attached hydrogen (secondary N) is 3. The fraction of sp³-hybridized carbons (Fsp3) is 0.520. The van der Waals surface area contributed by atoms with E-state index in [0.717, 1.165) is 38.2 Å². The second kappa shape index (κ2) is 13.5.